The van der Waals surface area contributed by atoms with Gasteiger partial charge in [0.1, 0.15) is 0 Å². The first-order chi connectivity index (χ1) is 7.27. The number of hydrogen-bond acceptors (Lipinski definition) is 5. The van der Waals surface area contributed by atoms with Crippen LogP contribution in [0.1, 0.15) is 13.8 Å². The third-order valence-corrected chi connectivity index (χ3v) is 1.59. The molecule has 0 heterocycles. The van der Waals surface area contributed by atoms with Crippen LogP contribution in [-0.4, -0.2) is 12.5 Å². The van der Waals surface area contributed by atoms with Crippen LogP contribution in [0.5, 0.6) is 5.75 Å². The summed E-state index contributed by atoms with van der Waals surface area (Å²) >= 11 is 0. The summed E-state index contributed by atoms with van der Waals surface area (Å²) in [4.78, 5) is 15.4. The van der Waals surface area contributed by atoms with E-state index in [0.29, 0.717) is 18.3 Å². The lowest BCUT2D eigenvalue weighted by Crippen LogP contribution is -2.00. The lowest BCUT2D eigenvalue weighted by molar-refractivity contribution is 0.276. The minimum atomic E-state index is 0.213. The molecular formula is C10H12N2O3. The van der Waals surface area contributed by atoms with Gasteiger partial charge in [-0.15, -0.1) is 4.91 Å². The molecule has 0 atom stereocenters. The molecule has 0 N–H and O–H groups in total. The predicted molar refractivity (Wildman–Crippen MR) is 57.3 cm³/mol. The van der Waals surface area contributed by atoms with Crippen molar-refractivity contribution in [2.75, 3.05) is 6.61 Å². The third-order valence-electron chi connectivity index (χ3n) is 1.59. The summed E-state index contributed by atoms with van der Waals surface area (Å²) in [7, 11) is 0. The number of rotatable bonds is 4. The Bertz CT molecular complexity index is 363. The minimum Gasteiger partial charge on any atom is -0.479 e. The molecule has 1 rings (SSSR count). The summed E-state index contributed by atoms with van der Waals surface area (Å²) in [6.45, 7) is 4.03. The first kappa shape index (κ1) is 11.2. The molecule has 0 spiro atoms. The number of para-hydroxylation sites is 1. The summed E-state index contributed by atoms with van der Waals surface area (Å²) in [6, 6.07) is 6.59. The van der Waals surface area contributed by atoms with Gasteiger partial charge in [0.2, 0.25) is 5.90 Å². The van der Waals surface area contributed by atoms with Crippen LogP contribution < -0.4 is 4.84 Å². The molecule has 0 radical (unpaired) electrons. The van der Waals surface area contributed by atoms with Gasteiger partial charge >= 0.3 is 0 Å². The van der Waals surface area contributed by atoms with E-state index in [9.17, 15) is 4.91 Å². The molecule has 15 heavy (non-hydrogen) atoms. The van der Waals surface area contributed by atoms with Crippen molar-refractivity contribution < 1.29 is 9.57 Å². The Morgan fingerprint density at radius 2 is 2.13 bits per heavy atom. The number of benzene rings is 1. The van der Waals surface area contributed by atoms with E-state index in [2.05, 4.69) is 10.3 Å². The summed E-state index contributed by atoms with van der Waals surface area (Å²) in [5.74, 6) is 0.713. The van der Waals surface area contributed by atoms with Gasteiger partial charge in [-0.3, -0.25) is 0 Å². The lowest BCUT2D eigenvalue weighted by Gasteiger charge is -2.02. The maximum atomic E-state index is 10.4. The second-order valence-electron chi connectivity index (χ2n) is 2.69. The highest BCUT2D eigenvalue weighted by Crippen LogP contribution is 2.26. The number of ether oxygens (including phenoxy) is 1. The number of nitroso groups, excluding NO2 is 1. The summed E-state index contributed by atoms with van der Waals surface area (Å²) in [5, 5.41) is 6.50. The van der Waals surface area contributed by atoms with Crippen molar-refractivity contribution in [1.29, 1.82) is 0 Å². The van der Waals surface area contributed by atoms with Gasteiger partial charge in [0.05, 0.1) is 6.61 Å². The van der Waals surface area contributed by atoms with Gasteiger partial charge in [-0.25, -0.2) is 0 Å². The first-order valence-electron chi connectivity index (χ1n) is 4.54. The fraction of sp³-hybridized carbons (Fsp3) is 0.300. The SMILES string of the molecule is CCO/C(C)=N/Oc1ccccc1N=O. The molecule has 0 saturated heterocycles. The molecule has 0 aliphatic carbocycles. The molecule has 0 unspecified atom stereocenters. The largest absolute Gasteiger partial charge is 0.479 e. The van der Waals surface area contributed by atoms with Crippen molar-refractivity contribution in [3.63, 3.8) is 0 Å². The Labute approximate surface area is 87.7 Å². The molecule has 0 aromatic heterocycles. The molecule has 0 bridgehead atoms. The van der Waals surface area contributed by atoms with Gasteiger partial charge in [-0.05, 0) is 29.4 Å². The molecule has 80 valence electrons. The fourth-order valence-corrected chi connectivity index (χ4v) is 0.958. The quantitative estimate of drug-likeness (QED) is 0.331. The highest BCUT2D eigenvalue weighted by Gasteiger charge is 2.02. The third kappa shape index (κ3) is 3.38. The maximum absolute atomic E-state index is 10.4. The van der Waals surface area contributed by atoms with E-state index in [-0.39, 0.29) is 5.69 Å². The van der Waals surface area contributed by atoms with Crippen molar-refractivity contribution in [3.05, 3.63) is 29.2 Å². The summed E-state index contributed by atoms with van der Waals surface area (Å²) in [5.41, 5.74) is 0.213. The van der Waals surface area contributed by atoms with Crippen LogP contribution in [0.3, 0.4) is 0 Å². The average Bonchev–Trinajstić information content (AvgIpc) is 2.27. The molecule has 5 nitrogen and oxygen atoms in total. The maximum Gasteiger partial charge on any atom is 0.223 e. The topological polar surface area (TPSA) is 60.2 Å². The smallest absolute Gasteiger partial charge is 0.223 e. The molecule has 0 aliphatic rings. The van der Waals surface area contributed by atoms with Crippen molar-refractivity contribution in [2.24, 2.45) is 10.3 Å². The molecule has 5 heteroatoms. The lowest BCUT2D eigenvalue weighted by atomic mass is 10.3. The van der Waals surface area contributed by atoms with Crippen LogP contribution in [0.2, 0.25) is 0 Å². The zero-order valence-corrected chi connectivity index (χ0v) is 8.64. The number of nitrogens with zero attached hydrogens (tertiary/aromatic N) is 2. The minimum absolute atomic E-state index is 0.213. The van der Waals surface area contributed by atoms with E-state index in [1.807, 2.05) is 6.92 Å². The van der Waals surface area contributed by atoms with E-state index in [1.165, 1.54) is 0 Å². The molecule has 0 aliphatic heterocycles. The second kappa shape index (κ2) is 5.74. The van der Waals surface area contributed by atoms with Crippen LogP contribution in [0, 0.1) is 4.91 Å². The van der Waals surface area contributed by atoms with Crippen LogP contribution >= 0.6 is 0 Å². The van der Waals surface area contributed by atoms with E-state index < -0.39 is 0 Å². The molecule has 0 saturated carbocycles. The van der Waals surface area contributed by atoms with Crippen molar-refractivity contribution >= 4 is 11.6 Å². The zero-order chi connectivity index (χ0) is 11.1. The Kier molecular flexibility index (Phi) is 4.28. The molecule has 1 aromatic rings. The predicted octanol–water partition coefficient (Wildman–Crippen LogP) is 2.83. The highest BCUT2D eigenvalue weighted by molar-refractivity contribution is 5.72. The van der Waals surface area contributed by atoms with Crippen LogP contribution in [0.4, 0.5) is 5.69 Å². The van der Waals surface area contributed by atoms with E-state index >= 15 is 0 Å². The van der Waals surface area contributed by atoms with Crippen molar-refractivity contribution in [3.8, 4) is 5.75 Å². The average molecular weight is 208 g/mol. The van der Waals surface area contributed by atoms with E-state index in [0.717, 1.165) is 0 Å². The van der Waals surface area contributed by atoms with Gasteiger partial charge in [0, 0.05) is 6.92 Å². The van der Waals surface area contributed by atoms with Crippen LogP contribution in [0.15, 0.2) is 34.6 Å². The van der Waals surface area contributed by atoms with Gasteiger partial charge in [0.15, 0.2) is 11.4 Å². The van der Waals surface area contributed by atoms with Crippen LogP contribution in [-0.2, 0) is 4.74 Å². The van der Waals surface area contributed by atoms with E-state index in [1.54, 1.807) is 31.2 Å². The second-order valence-corrected chi connectivity index (χ2v) is 2.69. The van der Waals surface area contributed by atoms with Gasteiger partial charge in [0.25, 0.3) is 0 Å². The molecule has 1 aromatic carbocycles. The van der Waals surface area contributed by atoms with Gasteiger partial charge in [-0.1, -0.05) is 12.1 Å². The number of hydrogen-bond donors (Lipinski definition) is 0. The molecule has 0 amide bonds. The number of oxime groups is 1. The zero-order valence-electron chi connectivity index (χ0n) is 8.64. The Morgan fingerprint density at radius 1 is 1.40 bits per heavy atom. The molecular weight excluding hydrogens is 196 g/mol. The summed E-state index contributed by atoms with van der Waals surface area (Å²) in [6.07, 6.45) is 0. The van der Waals surface area contributed by atoms with Gasteiger partial charge < -0.3 is 9.57 Å². The Morgan fingerprint density at radius 3 is 2.80 bits per heavy atom. The Balaban J connectivity index is 2.72. The molecule has 0 fully saturated rings. The monoisotopic (exact) mass is 208 g/mol. The first-order valence-corrected chi connectivity index (χ1v) is 4.54. The fourth-order valence-electron chi connectivity index (χ4n) is 0.958. The normalized spacial score (nSPS) is 10.9. The van der Waals surface area contributed by atoms with Crippen LogP contribution in [0.25, 0.3) is 0 Å². The Hall–Kier alpha value is -1.91. The van der Waals surface area contributed by atoms with Gasteiger partial charge in [-0.2, -0.15) is 0 Å². The van der Waals surface area contributed by atoms with Crippen molar-refractivity contribution in [1.82, 2.24) is 0 Å². The summed E-state index contributed by atoms with van der Waals surface area (Å²) < 4.78 is 5.05. The highest BCUT2D eigenvalue weighted by atomic mass is 16.6. The standard InChI is InChI=1S/C10H12N2O3/c1-3-14-8(2)12-15-10-7-5-4-6-9(10)11-13/h4-7H,3H2,1-2H3/b12-8+. The van der Waals surface area contributed by atoms with Crippen molar-refractivity contribution in [2.45, 2.75) is 13.8 Å². The van der Waals surface area contributed by atoms with E-state index in [4.69, 9.17) is 9.57 Å².